The summed E-state index contributed by atoms with van der Waals surface area (Å²) in [6.45, 7) is 6.88. The van der Waals surface area contributed by atoms with Crippen LogP contribution < -0.4 is 4.74 Å². The molecule has 5 rings (SSSR count). The van der Waals surface area contributed by atoms with Crippen LogP contribution in [0, 0.1) is 35.3 Å². The standard InChI is InChI=1S/C35H46F2O2/c1-3-5-6-31-20-19-30(23-39-31)28-13-11-26(12-14-28)24-7-9-25(10-8-24)27-15-17-29(18-16-27)32-21-22-33(38-4-2)35(37)34(32)36/h3,15-18,21-22,24-26,28,30-31H,1,4-14,19-20,23H2,2H3. The van der Waals surface area contributed by atoms with Gasteiger partial charge in [-0.1, -0.05) is 30.3 Å². The van der Waals surface area contributed by atoms with Crippen molar-refractivity contribution in [3.8, 4) is 16.9 Å². The molecule has 0 amide bonds. The zero-order valence-electron chi connectivity index (χ0n) is 23.7. The topological polar surface area (TPSA) is 18.5 Å². The van der Waals surface area contributed by atoms with E-state index in [-0.39, 0.29) is 11.3 Å². The van der Waals surface area contributed by atoms with Crippen LogP contribution in [0.2, 0.25) is 0 Å². The highest BCUT2D eigenvalue weighted by Crippen LogP contribution is 2.46. The lowest BCUT2D eigenvalue weighted by atomic mass is 9.66. The first kappa shape index (κ1) is 28.3. The summed E-state index contributed by atoms with van der Waals surface area (Å²) in [7, 11) is 0. The molecule has 0 spiro atoms. The van der Waals surface area contributed by atoms with E-state index in [0.717, 1.165) is 43.1 Å². The summed E-state index contributed by atoms with van der Waals surface area (Å²) in [6, 6.07) is 11.3. The molecule has 2 unspecified atom stereocenters. The lowest BCUT2D eigenvalue weighted by molar-refractivity contribution is -0.0430. The fraction of sp³-hybridized carbons (Fsp3) is 0.600. The zero-order chi connectivity index (χ0) is 27.2. The Morgan fingerprint density at radius 2 is 1.41 bits per heavy atom. The third kappa shape index (κ3) is 6.76. The maximum Gasteiger partial charge on any atom is 0.201 e. The third-order valence-electron chi connectivity index (χ3n) is 10.1. The van der Waals surface area contributed by atoms with Crippen LogP contribution in [0.15, 0.2) is 49.1 Å². The second-order valence-electron chi connectivity index (χ2n) is 12.2. The summed E-state index contributed by atoms with van der Waals surface area (Å²) >= 11 is 0. The SMILES string of the molecule is C=CCCC1CCC(C2CCC(C3CCC(c4ccc(-c5ccc(OCC)c(F)c5F)cc4)CC3)CC2)CO1. The van der Waals surface area contributed by atoms with Gasteiger partial charge in [0.1, 0.15) is 0 Å². The van der Waals surface area contributed by atoms with Crippen molar-refractivity contribution in [2.75, 3.05) is 13.2 Å². The van der Waals surface area contributed by atoms with Gasteiger partial charge in [0.25, 0.3) is 0 Å². The van der Waals surface area contributed by atoms with Crippen molar-refractivity contribution >= 4 is 0 Å². The molecule has 2 nitrogen and oxygen atoms in total. The summed E-state index contributed by atoms with van der Waals surface area (Å²) in [5.74, 6) is 2.19. The molecule has 2 aliphatic carbocycles. The van der Waals surface area contributed by atoms with Gasteiger partial charge in [0.15, 0.2) is 11.6 Å². The number of rotatable bonds is 9. The van der Waals surface area contributed by atoms with Crippen LogP contribution in [0.25, 0.3) is 11.1 Å². The first-order chi connectivity index (χ1) is 19.1. The average Bonchev–Trinajstić information content (AvgIpc) is 2.99. The molecule has 1 saturated heterocycles. The Bertz CT molecular complexity index is 1060. The molecule has 212 valence electrons. The molecule has 1 heterocycles. The summed E-state index contributed by atoms with van der Waals surface area (Å²) in [6.07, 6.45) is 17.9. The maximum absolute atomic E-state index is 14.7. The van der Waals surface area contributed by atoms with Crippen molar-refractivity contribution in [3.05, 3.63) is 66.3 Å². The third-order valence-corrected chi connectivity index (χ3v) is 10.1. The van der Waals surface area contributed by atoms with Gasteiger partial charge in [0, 0.05) is 5.56 Å². The number of ether oxygens (including phenoxy) is 2. The fourth-order valence-electron chi connectivity index (χ4n) is 7.70. The number of halogens is 2. The Hall–Kier alpha value is -2.20. The van der Waals surface area contributed by atoms with Crippen LogP contribution >= 0.6 is 0 Å². The number of hydrogen-bond acceptors (Lipinski definition) is 2. The molecule has 0 radical (unpaired) electrons. The minimum absolute atomic E-state index is 0.0309. The molecule has 2 aromatic rings. The lowest BCUT2D eigenvalue weighted by Crippen LogP contribution is -2.33. The van der Waals surface area contributed by atoms with Gasteiger partial charge >= 0.3 is 0 Å². The van der Waals surface area contributed by atoms with Crippen LogP contribution in [-0.2, 0) is 4.74 Å². The normalized spacial score (nSPS) is 29.6. The maximum atomic E-state index is 14.7. The van der Waals surface area contributed by atoms with Gasteiger partial charge in [0.05, 0.1) is 19.3 Å². The number of hydrogen-bond donors (Lipinski definition) is 0. The Morgan fingerprint density at radius 3 is 2.00 bits per heavy atom. The van der Waals surface area contributed by atoms with E-state index in [9.17, 15) is 8.78 Å². The van der Waals surface area contributed by atoms with Gasteiger partial charge in [-0.3, -0.25) is 0 Å². The van der Waals surface area contributed by atoms with E-state index >= 15 is 0 Å². The fourth-order valence-corrected chi connectivity index (χ4v) is 7.70. The molecule has 1 aliphatic heterocycles. The van der Waals surface area contributed by atoms with Gasteiger partial charge in [-0.25, -0.2) is 4.39 Å². The first-order valence-corrected chi connectivity index (χ1v) is 15.5. The quantitative estimate of drug-likeness (QED) is 0.297. The molecule has 2 atom stereocenters. The second-order valence-corrected chi connectivity index (χ2v) is 12.2. The van der Waals surface area contributed by atoms with E-state index in [4.69, 9.17) is 9.47 Å². The Kier molecular flexibility index (Phi) is 9.76. The molecular weight excluding hydrogens is 490 g/mol. The molecule has 0 N–H and O–H groups in total. The summed E-state index contributed by atoms with van der Waals surface area (Å²) in [5, 5.41) is 0. The van der Waals surface area contributed by atoms with Crippen molar-refractivity contribution in [2.45, 2.75) is 96.0 Å². The number of benzene rings is 2. The molecule has 3 aliphatic rings. The summed E-state index contributed by atoms with van der Waals surface area (Å²) in [4.78, 5) is 0. The molecule has 39 heavy (non-hydrogen) atoms. The van der Waals surface area contributed by atoms with Gasteiger partial charge in [-0.05, 0) is 137 Å². The summed E-state index contributed by atoms with van der Waals surface area (Å²) in [5.41, 5.74) is 2.32. The van der Waals surface area contributed by atoms with Crippen LogP contribution in [0.1, 0.15) is 95.5 Å². The monoisotopic (exact) mass is 536 g/mol. The summed E-state index contributed by atoms with van der Waals surface area (Å²) < 4.78 is 40.4. The average molecular weight is 537 g/mol. The van der Waals surface area contributed by atoms with E-state index < -0.39 is 11.6 Å². The van der Waals surface area contributed by atoms with Crippen LogP contribution in [0.3, 0.4) is 0 Å². The van der Waals surface area contributed by atoms with E-state index in [1.54, 1.807) is 13.0 Å². The molecule has 2 aromatic carbocycles. The predicted molar refractivity (Wildman–Crippen MR) is 155 cm³/mol. The smallest absolute Gasteiger partial charge is 0.201 e. The number of allylic oxidation sites excluding steroid dienone is 1. The van der Waals surface area contributed by atoms with Crippen molar-refractivity contribution in [1.29, 1.82) is 0 Å². The minimum Gasteiger partial charge on any atom is -0.491 e. The van der Waals surface area contributed by atoms with Crippen molar-refractivity contribution in [3.63, 3.8) is 0 Å². The minimum atomic E-state index is -0.911. The van der Waals surface area contributed by atoms with E-state index in [1.807, 2.05) is 18.2 Å². The Labute approximate surface area is 234 Å². The molecular formula is C35H46F2O2. The molecule has 2 saturated carbocycles. The molecule has 0 aromatic heterocycles. The molecule has 3 fully saturated rings. The van der Waals surface area contributed by atoms with E-state index in [1.165, 1.54) is 75.8 Å². The van der Waals surface area contributed by atoms with Crippen LogP contribution in [0.5, 0.6) is 5.75 Å². The Morgan fingerprint density at radius 1 is 0.795 bits per heavy atom. The van der Waals surface area contributed by atoms with E-state index in [0.29, 0.717) is 24.2 Å². The van der Waals surface area contributed by atoms with Gasteiger partial charge in [0.2, 0.25) is 5.82 Å². The van der Waals surface area contributed by atoms with Crippen molar-refractivity contribution in [1.82, 2.24) is 0 Å². The highest BCUT2D eigenvalue weighted by Gasteiger charge is 2.35. The molecule has 4 heteroatoms. The Balaban J connectivity index is 1.08. The van der Waals surface area contributed by atoms with Gasteiger partial charge in [-0.15, -0.1) is 6.58 Å². The highest BCUT2D eigenvalue weighted by atomic mass is 19.2. The van der Waals surface area contributed by atoms with Crippen LogP contribution in [-0.4, -0.2) is 19.3 Å². The van der Waals surface area contributed by atoms with Gasteiger partial charge < -0.3 is 9.47 Å². The molecule has 0 bridgehead atoms. The first-order valence-electron chi connectivity index (χ1n) is 15.5. The van der Waals surface area contributed by atoms with E-state index in [2.05, 4.69) is 18.7 Å². The highest BCUT2D eigenvalue weighted by molar-refractivity contribution is 5.65. The lowest BCUT2D eigenvalue weighted by Gasteiger charge is -2.41. The van der Waals surface area contributed by atoms with Gasteiger partial charge in [-0.2, -0.15) is 4.39 Å². The second kappa shape index (κ2) is 13.4. The van der Waals surface area contributed by atoms with Crippen molar-refractivity contribution in [2.24, 2.45) is 23.7 Å². The van der Waals surface area contributed by atoms with Crippen molar-refractivity contribution < 1.29 is 18.3 Å². The zero-order valence-corrected chi connectivity index (χ0v) is 23.7. The predicted octanol–water partition coefficient (Wildman–Crippen LogP) is 9.87. The van der Waals surface area contributed by atoms with Crippen LogP contribution in [0.4, 0.5) is 8.78 Å². The largest absolute Gasteiger partial charge is 0.491 e.